The number of nitrogens with zero attached hydrogens (tertiary/aromatic N) is 5. The first kappa shape index (κ1) is 36.4. The molecule has 0 spiro atoms. The van der Waals surface area contributed by atoms with Crippen LogP contribution in [0.4, 0.5) is 9.59 Å². The van der Waals surface area contributed by atoms with Gasteiger partial charge in [0.05, 0.1) is 39.8 Å². The zero-order chi connectivity index (χ0) is 38.3. The number of carbonyl (C=O) groups is 4. The summed E-state index contributed by atoms with van der Waals surface area (Å²) in [6.45, 7) is 8.37. The van der Waals surface area contributed by atoms with Crippen molar-refractivity contribution < 1.29 is 29.4 Å². The standard InChI is InChI=1S/C39H45N9O6/c1-20(2)32(45-38(51)52)36(49)47-15-5-7-30(47)34-41-26-13-9-22(17-28(26)43-34)24-11-12-25(40-19-24)23-10-14-27-29(18-23)44-35(42-27)31-8-6-16-48(31)37(50)33(21(3)4)46-39(53)54/h9-14,17-21,30-33,45-46H,5-8,15-16H2,1-4H3,(H,41,43)(H,42,44)(H,51,52)(H,53,54)/t30-,31-,32-,33-/m0/s1. The molecule has 5 heterocycles. The SMILES string of the molecule is CC(C)[C@H](NC(=O)O)C(=O)N1CCC[C@H]1c1nc2ccc(-c3ccc(-c4ccc5nc([C@@H]6CCCN6C(=O)[C@@H](NC(=O)O)C(C)C)[nH]c5c4)nc3)cc2[nH]1. The van der Waals surface area contributed by atoms with Crippen LogP contribution >= 0.6 is 0 Å². The van der Waals surface area contributed by atoms with Crippen molar-refractivity contribution in [3.8, 4) is 22.4 Å². The number of hydrogen-bond donors (Lipinski definition) is 6. The lowest BCUT2D eigenvalue weighted by atomic mass is 10.0. The molecule has 2 aliphatic heterocycles. The summed E-state index contributed by atoms with van der Waals surface area (Å²) in [5.74, 6) is 0.471. The number of H-pyrrole nitrogens is 2. The molecule has 2 aromatic carbocycles. The highest BCUT2D eigenvalue weighted by Crippen LogP contribution is 2.35. The summed E-state index contributed by atoms with van der Waals surface area (Å²) in [6.07, 6.45) is 2.45. The third-order valence-corrected chi connectivity index (χ3v) is 10.5. The lowest BCUT2D eigenvalue weighted by Crippen LogP contribution is -2.50. The number of imidazole rings is 2. The van der Waals surface area contributed by atoms with Crippen molar-refractivity contribution in [3.05, 3.63) is 66.4 Å². The van der Waals surface area contributed by atoms with Gasteiger partial charge in [0.15, 0.2) is 0 Å². The van der Waals surface area contributed by atoms with Gasteiger partial charge in [-0.05, 0) is 73.4 Å². The van der Waals surface area contributed by atoms with Crippen LogP contribution in [-0.4, -0.2) is 94.1 Å². The van der Waals surface area contributed by atoms with Gasteiger partial charge in [-0.2, -0.15) is 0 Å². The van der Waals surface area contributed by atoms with Crippen molar-refractivity contribution in [1.82, 2.24) is 45.4 Å². The van der Waals surface area contributed by atoms with Crippen LogP contribution < -0.4 is 10.6 Å². The van der Waals surface area contributed by atoms with Crippen molar-refractivity contribution in [3.63, 3.8) is 0 Å². The molecule has 54 heavy (non-hydrogen) atoms. The predicted molar refractivity (Wildman–Crippen MR) is 201 cm³/mol. The Balaban J connectivity index is 1.07. The fourth-order valence-electron chi connectivity index (χ4n) is 7.73. The van der Waals surface area contributed by atoms with Gasteiger partial charge in [-0.1, -0.05) is 45.9 Å². The number of nitrogens with one attached hydrogen (secondary N) is 4. The number of pyridine rings is 1. The van der Waals surface area contributed by atoms with E-state index in [1.165, 1.54) is 0 Å². The Kier molecular flexibility index (Phi) is 9.97. The molecule has 3 aromatic heterocycles. The molecule has 15 nitrogen and oxygen atoms in total. The summed E-state index contributed by atoms with van der Waals surface area (Å²) in [5.41, 5.74) is 6.73. The highest BCUT2D eigenvalue weighted by molar-refractivity contribution is 5.88. The maximum atomic E-state index is 13.4. The number of hydrogen-bond acceptors (Lipinski definition) is 7. The Labute approximate surface area is 311 Å². The van der Waals surface area contributed by atoms with E-state index in [0.717, 1.165) is 70.1 Å². The molecule has 4 atom stereocenters. The monoisotopic (exact) mass is 735 g/mol. The molecule has 15 heteroatoms. The van der Waals surface area contributed by atoms with E-state index in [4.69, 9.17) is 15.0 Å². The number of carbonyl (C=O) groups excluding carboxylic acids is 2. The second kappa shape index (κ2) is 14.8. The predicted octanol–water partition coefficient (Wildman–Crippen LogP) is 6.08. The molecular weight excluding hydrogens is 690 g/mol. The smallest absolute Gasteiger partial charge is 0.405 e. The number of fused-ring (bicyclic) bond motifs is 2. The number of likely N-dealkylation sites (tertiary alicyclic amines) is 2. The van der Waals surface area contributed by atoms with E-state index in [1.807, 2.05) is 82.4 Å². The molecule has 0 bridgehead atoms. The van der Waals surface area contributed by atoms with Crippen LogP contribution in [0.1, 0.15) is 77.1 Å². The first-order chi connectivity index (χ1) is 25.9. The average Bonchev–Trinajstić information content (AvgIpc) is 3.96. The van der Waals surface area contributed by atoms with Gasteiger partial charge in [0.1, 0.15) is 23.7 Å². The molecule has 5 aromatic rings. The van der Waals surface area contributed by atoms with Crippen molar-refractivity contribution in [2.75, 3.05) is 13.1 Å². The zero-order valence-corrected chi connectivity index (χ0v) is 30.7. The van der Waals surface area contributed by atoms with Crippen LogP contribution in [-0.2, 0) is 9.59 Å². The number of benzene rings is 2. The lowest BCUT2D eigenvalue weighted by molar-refractivity contribution is -0.136. The summed E-state index contributed by atoms with van der Waals surface area (Å²) in [4.78, 5) is 74.3. The summed E-state index contributed by atoms with van der Waals surface area (Å²) in [5, 5.41) is 23.4. The van der Waals surface area contributed by atoms with Gasteiger partial charge in [-0.15, -0.1) is 0 Å². The Morgan fingerprint density at radius 1 is 0.685 bits per heavy atom. The Morgan fingerprint density at radius 2 is 1.15 bits per heavy atom. The third-order valence-electron chi connectivity index (χ3n) is 10.5. The molecule has 282 valence electrons. The minimum absolute atomic E-state index is 0.198. The molecular formula is C39H45N9O6. The van der Waals surface area contributed by atoms with E-state index < -0.39 is 24.3 Å². The highest BCUT2D eigenvalue weighted by atomic mass is 16.4. The minimum atomic E-state index is -1.22. The van der Waals surface area contributed by atoms with Crippen molar-refractivity contribution in [2.45, 2.75) is 77.5 Å². The normalized spacial score (nSPS) is 18.5. The number of carboxylic acid groups (broad SMARTS) is 2. The molecule has 4 amide bonds. The van der Waals surface area contributed by atoms with Crippen LogP contribution in [0, 0.1) is 11.8 Å². The highest BCUT2D eigenvalue weighted by Gasteiger charge is 2.39. The van der Waals surface area contributed by atoms with Gasteiger partial charge in [-0.3, -0.25) is 14.6 Å². The number of amides is 4. The topological polar surface area (TPSA) is 210 Å². The molecule has 0 saturated carbocycles. The van der Waals surface area contributed by atoms with Crippen LogP contribution in [0.15, 0.2) is 54.7 Å². The molecule has 7 rings (SSSR count). The van der Waals surface area contributed by atoms with E-state index in [9.17, 15) is 29.4 Å². The van der Waals surface area contributed by atoms with E-state index in [-0.39, 0.29) is 35.7 Å². The molecule has 6 N–H and O–H groups in total. The van der Waals surface area contributed by atoms with E-state index >= 15 is 0 Å². The molecule has 2 saturated heterocycles. The van der Waals surface area contributed by atoms with Gasteiger partial charge in [0, 0.05) is 30.4 Å². The van der Waals surface area contributed by atoms with Crippen LogP contribution in [0.3, 0.4) is 0 Å². The number of aromatic amines is 2. The maximum Gasteiger partial charge on any atom is 0.405 e. The zero-order valence-electron chi connectivity index (χ0n) is 30.7. The molecule has 0 radical (unpaired) electrons. The second-order valence-electron chi connectivity index (χ2n) is 14.9. The number of rotatable bonds is 10. The fourth-order valence-corrected chi connectivity index (χ4v) is 7.73. The molecule has 2 fully saturated rings. The van der Waals surface area contributed by atoms with E-state index in [2.05, 4.69) is 20.6 Å². The Bertz CT molecular complexity index is 2060. The first-order valence-electron chi connectivity index (χ1n) is 18.4. The summed E-state index contributed by atoms with van der Waals surface area (Å²) in [7, 11) is 0. The summed E-state index contributed by atoms with van der Waals surface area (Å²) < 4.78 is 0. The van der Waals surface area contributed by atoms with Crippen molar-refractivity contribution in [1.29, 1.82) is 0 Å². The minimum Gasteiger partial charge on any atom is -0.465 e. The summed E-state index contributed by atoms with van der Waals surface area (Å²) >= 11 is 0. The molecule has 2 aliphatic rings. The molecule has 0 aliphatic carbocycles. The maximum absolute atomic E-state index is 13.4. The van der Waals surface area contributed by atoms with Gasteiger partial charge >= 0.3 is 12.2 Å². The summed E-state index contributed by atoms with van der Waals surface area (Å²) in [6, 6.07) is 13.6. The third kappa shape index (κ3) is 7.17. The quantitative estimate of drug-likeness (QED) is 0.0980. The van der Waals surface area contributed by atoms with Crippen molar-refractivity contribution >= 4 is 46.1 Å². The number of aromatic nitrogens is 5. The second-order valence-corrected chi connectivity index (χ2v) is 14.9. The largest absolute Gasteiger partial charge is 0.465 e. The van der Waals surface area contributed by atoms with Crippen LogP contribution in [0.2, 0.25) is 0 Å². The van der Waals surface area contributed by atoms with Gasteiger partial charge < -0.3 is 40.6 Å². The van der Waals surface area contributed by atoms with Gasteiger partial charge in [0.2, 0.25) is 11.8 Å². The lowest BCUT2D eigenvalue weighted by Gasteiger charge is -2.29. The van der Waals surface area contributed by atoms with Crippen molar-refractivity contribution in [2.24, 2.45) is 11.8 Å². The van der Waals surface area contributed by atoms with E-state index in [1.54, 1.807) is 9.80 Å². The van der Waals surface area contributed by atoms with Crippen LogP contribution in [0.25, 0.3) is 44.5 Å². The van der Waals surface area contributed by atoms with Gasteiger partial charge in [0.25, 0.3) is 0 Å². The first-order valence-corrected chi connectivity index (χ1v) is 18.4. The Morgan fingerprint density at radius 3 is 1.59 bits per heavy atom. The fraction of sp³-hybridized carbons (Fsp3) is 0.410. The van der Waals surface area contributed by atoms with Crippen LogP contribution in [0.5, 0.6) is 0 Å². The van der Waals surface area contributed by atoms with E-state index in [0.29, 0.717) is 24.7 Å². The Hall–Kier alpha value is -5.99. The molecule has 0 unspecified atom stereocenters. The average molecular weight is 736 g/mol. The van der Waals surface area contributed by atoms with Gasteiger partial charge in [-0.25, -0.2) is 19.6 Å².